The Kier molecular flexibility index (Phi) is 13.2. The predicted octanol–water partition coefficient (Wildman–Crippen LogP) is 1.77. The van der Waals surface area contributed by atoms with Crippen molar-refractivity contribution in [3.05, 3.63) is 24.3 Å². The molecule has 254 valence electrons. The minimum absolute atomic E-state index is 0.0621. The lowest BCUT2D eigenvalue weighted by Gasteiger charge is -2.34. The number of likely N-dealkylation sites (tertiary alicyclic amines) is 1. The Morgan fingerprint density at radius 3 is 2.17 bits per heavy atom. The van der Waals surface area contributed by atoms with Crippen LogP contribution in [0.3, 0.4) is 0 Å². The second kappa shape index (κ2) is 16.6. The van der Waals surface area contributed by atoms with E-state index in [0.29, 0.717) is 19.4 Å². The monoisotopic (exact) mass is 641 g/mol. The summed E-state index contributed by atoms with van der Waals surface area (Å²) >= 11 is 0. The normalized spacial score (nSPS) is 21.6. The second-order valence-electron chi connectivity index (χ2n) is 13.3. The molecule has 13 nitrogen and oxygen atoms in total. The third-order valence-corrected chi connectivity index (χ3v) is 9.13. The first-order valence-electron chi connectivity index (χ1n) is 16.6. The second-order valence-corrected chi connectivity index (χ2v) is 13.3. The number of rotatable bonds is 15. The fourth-order valence-electron chi connectivity index (χ4n) is 6.34. The fraction of sp³-hybridized carbons (Fsp3) is 0.697. The van der Waals surface area contributed by atoms with Gasteiger partial charge in [0.1, 0.15) is 23.8 Å². The van der Waals surface area contributed by atoms with Crippen LogP contribution in [0.2, 0.25) is 0 Å². The van der Waals surface area contributed by atoms with E-state index in [-0.39, 0.29) is 41.8 Å². The molecule has 2 fully saturated rings. The molecule has 1 aromatic heterocycles. The molecule has 13 heteroatoms. The van der Waals surface area contributed by atoms with E-state index in [1.54, 1.807) is 25.7 Å². The number of nitrogens with zero attached hydrogens (tertiary/aromatic N) is 3. The molecule has 46 heavy (non-hydrogen) atoms. The largest absolute Gasteiger partial charge is 0.347 e. The number of amides is 5. The van der Waals surface area contributed by atoms with Gasteiger partial charge < -0.3 is 26.2 Å². The molecule has 3 rings (SSSR count). The zero-order chi connectivity index (χ0) is 34.1. The van der Waals surface area contributed by atoms with Crippen LogP contribution in [0.4, 0.5) is 0 Å². The van der Waals surface area contributed by atoms with Crippen LogP contribution in [0.1, 0.15) is 97.5 Å². The highest BCUT2D eigenvalue weighted by molar-refractivity contribution is 6.38. The molecule has 1 aliphatic heterocycles. The fourth-order valence-corrected chi connectivity index (χ4v) is 6.34. The standard InChI is InChI=1S/C33H51N7O6/c1-8-11-23(28(41)32(45)36-20(7)9-2)37-31(44)27-22-13-10-12-21(22)17-40(27)33(46)26(19(5)6)39-30(43)25(18(3)4)38-29(42)24-16-34-14-15-35-24/h14-16,18-23,25-27H,8-13,17H2,1-7H3,(H,36,45)(H,37,44)(H,38,42)(H,39,43)/t20-,21-,22-,23?,25-,26-,27-/m0/s1. The Hall–Kier alpha value is -3.90. The van der Waals surface area contributed by atoms with E-state index in [4.69, 9.17) is 0 Å². The zero-order valence-corrected chi connectivity index (χ0v) is 28.2. The molecule has 0 spiro atoms. The Labute approximate surface area is 271 Å². The van der Waals surface area contributed by atoms with Crippen molar-refractivity contribution in [2.45, 2.75) is 117 Å². The number of hydrogen-bond acceptors (Lipinski definition) is 8. The molecule has 1 unspecified atom stereocenters. The summed E-state index contributed by atoms with van der Waals surface area (Å²) < 4.78 is 0. The summed E-state index contributed by atoms with van der Waals surface area (Å²) in [5.41, 5.74) is 0.0621. The number of hydrogen-bond donors (Lipinski definition) is 4. The number of aromatic nitrogens is 2. The summed E-state index contributed by atoms with van der Waals surface area (Å²) in [6.45, 7) is 13.1. The molecule has 1 saturated carbocycles. The zero-order valence-electron chi connectivity index (χ0n) is 28.2. The third kappa shape index (κ3) is 8.88. The van der Waals surface area contributed by atoms with E-state index < -0.39 is 59.5 Å². The van der Waals surface area contributed by atoms with E-state index in [1.165, 1.54) is 18.6 Å². The van der Waals surface area contributed by atoms with Crippen LogP contribution in [0.5, 0.6) is 0 Å². The van der Waals surface area contributed by atoms with Crippen LogP contribution in [0.15, 0.2) is 18.6 Å². The van der Waals surface area contributed by atoms with Gasteiger partial charge in [0, 0.05) is 25.0 Å². The average molecular weight is 642 g/mol. The van der Waals surface area contributed by atoms with Crippen LogP contribution in [-0.2, 0) is 24.0 Å². The van der Waals surface area contributed by atoms with E-state index in [0.717, 1.165) is 19.3 Å². The maximum absolute atomic E-state index is 14.2. The third-order valence-electron chi connectivity index (χ3n) is 9.13. The van der Waals surface area contributed by atoms with Gasteiger partial charge in [0.15, 0.2) is 0 Å². The predicted molar refractivity (Wildman–Crippen MR) is 171 cm³/mol. The van der Waals surface area contributed by atoms with Gasteiger partial charge in [-0.15, -0.1) is 0 Å². The summed E-state index contributed by atoms with van der Waals surface area (Å²) in [6.07, 6.45) is 8.20. The van der Waals surface area contributed by atoms with Gasteiger partial charge in [0.05, 0.1) is 12.2 Å². The molecule has 7 atom stereocenters. The van der Waals surface area contributed by atoms with Gasteiger partial charge in [-0.1, -0.05) is 54.4 Å². The average Bonchev–Trinajstić information content (AvgIpc) is 3.63. The minimum Gasteiger partial charge on any atom is -0.347 e. The van der Waals surface area contributed by atoms with Crippen molar-refractivity contribution < 1.29 is 28.8 Å². The van der Waals surface area contributed by atoms with Gasteiger partial charge in [-0.2, -0.15) is 0 Å². The summed E-state index contributed by atoms with van der Waals surface area (Å²) in [4.78, 5) is 89.7. The number of Topliss-reactive ketones (excluding diaryl/α,β-unsaturated/α-hetero) is 1. The van der Waals surface area contributed by atoms with Crippen LogP contribution in [0.25, 0.3) is 0 Å². The van der Waals surface area contributed by atoms with Crippen molar-refractivity contribution >= 4 is 35.3 Å². The SMILES string of the molecule is CCCC(NC(=O)[C@@H]1[C@H]2CCC[C@H]2CN1C(=O)[C@@H](NC(=O)[C@@H](NC(=O)c1cnccn1)C(C)C)C(C)C)C(=O)C(=O)N[C@@H](C)CC. The molecule has 5 amide bonds. The van der Waals surface area contributed by atoms with Gasteiger partial charge in [0.25, 0.3) is 11.8 Å². The molecule has 0 aromatic carbocycles. The van der Waals surface area contributed by atoms with Crippen LogP contribution < -0.4 is 21.3 Å². The van der Waals surface area contributed by atoms with Crippen molar-refractivity contribution in [1.29, 1.82) is 0 Å². The number of ketones is 1. The van der Waals surface area contributed by atoms with Gasteiger partial charge >= 0.3 is 0 Å². The molecule has 1 saturated heterocycles. The highest BCUT2D eigenvalue weighted by Crippen LogP contribution is 2.42. The summed E-state index contributed by atoms with van der Waals surface area (Å²) in [5, 5.41) is 11.1. The number of fused-ring (bicyclic) bond motifs is 1. The quantitative estimate of drug-likeness (QED) is 0.209. The van der Waals surface area contributed by atoms with E-state index in [1.807, 2.05) is 27.7 Å². The highest BCUT2D eigenvalue weighted by Gasteiger charge is 2.51. The first-order chi connectivity index (χ1) is 21.8. The van der Waals surface area contributed by atoms with Crippen molar-refractivity contribution in [2.24, 2.45) is 23.7 Å². The molecule has 1 aliphatic carbocycles. The molecule has 0 bridgehead atoms. The first kappa shape index (κ1) is 36.6. The van der Waals surface area contributed by atoms with Crippen molar-refractivity contribution in [2.75, 3.05) is 6.54 Å². The van der Waals surface area contributed by atoms with Crippen molar-refractivity contribution in [3.8, 4) is 0 Å². The van der Waals surface area contributed by atoms with Crippen molar-refractivity contribution in [3.63, 3.8) is 0 Å². The van der Waals surface area contributed by atoms with E-state index >= 15 is 0 Å². The lowest BCUT2D eigenvalue weighted by molar-refractivity contribution is -0.145. The molecule has 4 N–H and O–H groups in total. The minimum atomic E-state index is -1.01. The van der Waals surface area contributed by atoms with E-state index in [9.17, 15) is 28.8 Å². The smallest absolute Gasteiger partial charge is 0.289 e. The topological polar surface area (TPSA) is 180 Å². The Bertz CT molecular complexity index is 1260. The van der Waals surface area contributed by atoms with Gasteiger partial charge in [-0.25, -0.2) is 4.98 Å². The molecular formula is C33H51N7O6. The molecule has 1 aromatic rings. The summed E-state index contributed by atoms with van der Waals surface area (Å²) in [5.74, 6) is -4.00. The lowest BCUT2D eigenvalue weighted by Crippen LogP contribution is -2.60. The first-order valence-corrected chi connectivity index (χ1v) is 16.6. The van der Waals surface area contributed by atoms with E-state index in [2.05, 4.69) is 31.2 Å². The van der Waals surface area contributed by atoms with Gasteiger partial charge in [-0.05, 0) is 56.3 Å². The number of carbonyl (C=O) groups excluding carboxylic acids is 6. The maximum atomic E-state index is 14.2. The van der Waals surface area contributed by atoms with Crippen LogP contribution in [0, 0.1) is 23.7 Å². The lowest BCUT2D eigenvalue weighted by atomic mass is 9.92. The summed E-state index contributed by atoms with van der Waals surface area (Å²) in [6, 6.07) is -3.95. The number of nitrogens with one attached hydrogen (secondary N) is 4. The molecule has 2 aliphatic rings. The molecule has 0 radical (unpaired) electrons. The van der Waals surface area contributed by atoms with Crippen LogP contribution >= 0.6 is 0 Å². The molecule has 2 heterocycles. The maximum Gasteiger partial charge on any atom is 0.289 e. The van der Waals surface area contributed by atoms with Crippen LogP contribution in [-0.4, -0.2) is 86.9 Å². The highest BCUT2D eigenvalue weighted by atomic mass is 16.2. The number of carbonyl (C=O) groups is 6. The Morgan fingerprint density at radius 1 is 0.891 bits per heavy atom. The van der Waals surface area contributed by atoms with Crippen molar-refractivity contribution in [1.82, 2.24) is 36.1 Å². The van der Waals surface area contributed by atoms with Gasteiger partial charge in [0.2, 0.25) is 23.5 Å². The Morgan fingerprint density at radius 2 is 1.59 bits per heavy atom. The molecular weight excluding hydrogens is 590 g/mol. The summed E-state index contributed by atoms with van der Waals surface area (Å²) in [7, 11) is 0. The van der Waals surface area contributed by atoms with Gasteiger partial charge in [-0.3, -0.25) is 33.8 Å². The Balaban J connectivity index is 1.80.